The first-order valence-corrected chi connectivity index (χ1v) is 8.60. The van der Waals surface area contributed by atoms with Crippen molar-refractivity contribution in [2.75, 3.05) is 13.1 Å². The molecule has 1 unspecified atom stereocenters. The van der Waals surface area contributed by atoms with Crippen molar-refractivity contribution in [1.29, 1.82) is 0 Å². The van der Waals surface area contributed by atoms with Crippen molar-refractivity contribution in [3.63, 3.8) is 0 Å². The molecular weight excluding hydrogens is 352 g/mol. The molecule has 26 heavy (non-hydrogen) atoms. The molecule has 1 aliphatic rings. The molecule has 6 nitrogen and oxygen atoms in total. The molecule has 1 fully saturated rings. The zero-order valence-electron chi connectivity index (χ0n) is 14.4. The van der Waals surface area contributed by atoms with Crippen LogP contribution in [0.5, 0.6) is 0 Å². The summed E-state index contributed by atoms with van der Waals surface area (Å²) in [5.41, 5.74) is 2.95. The monoisotopic (exact) mass is 370 g/mol. The minimum absolute atomic E-state index is 0.199. The highest BCUT2D eigenvalue weighted by Gasteiger charge is 2.26. The van der Waals surface area contributed by atoms with Gasteiger partial charge in [-0.3, -0.25) is 14.8 Å². The number of hydrogen-bond acceptors (Lipinski definition) is 5. The number of carbonyl (C=O) groups is 1. The molecule has 0 spiro atoms. The van der Waals surface area contributed by atoms with Crippen LogP contribution >= 0.6 is 11.6 Å². The number of amides is 1. The van der Waals surface area contributed by atoms with Gasteiger partial charge in [-0.15, -0.1) is 0 Å². The number of benzene rings is 1. The number of aliphatic hydroxyl groups is 1. The highest BCUT2D eigenvalue weighted by molar-refractivity contribution is 6.38. The molecule has 1 N–H and O–H groups in total. The Labute approximate surface area is 156 Å². The Morgan fingerprint density at radius 2 is 2.08 bits per heavy atom. The topological polar surface area (TPSA) is 78.2 Å². The van der Waals surface area contributed by atoms with E-state index in [-0.39, 0.29) is 5.91 Å². The predicted molar refractivity (Wildman–Crippen MR) is 104 cm³/mol. The number of aliphatic imine (C=N–C) groups is 2. The minimum atomic E-state index is -0.470. The van der Waals surface area contributed by atoms with Gasteiger partial charge in [0.1, 0.15) is 17.1 Å². The molecule has 1 aliphatic heterocycles. The molecule has 1 saturated heterocycles. The SMILES string of the molecule is C=Nc1cncc(-c2ccc(Cl)cc2)c1N=C(C)C(=O)N1CCC(O)C1. The Hall–Kier alpha value is -2.57. The lowest BCUT2D eigenvalue weighted by Gasteiger charge is -2.16. The smallest absolute Gasteiger partial charge is 0.268 e. The fourth-order valence-corrected chi connectivity index (χ4v) is 3.01. The highest BCUT2D eigenvalue weighted by Crippen LogP contribution is 2.38. The summed E-state index contributed by atoms with van der Waals surface area (Å²) in [7, 11) is 0. The van der Waals surface area contributed by atoms with Crippen LogP contribution in [0.25, 0.3) is 11.1 Å². The lowest BCUT2D eigenvalue weighted by molar-refractivity contribution is -0.123. The average Bonchev–Trinajstić information content (AvgIpc) is 3.08. The van der Waals surface area contributed by atoms with E-state index in [2.05, 4.69) is 21.7 Å². The van der Waals surface area contributed by atoms with Crippen LogP contribution in [-0.2, 0) is 4.79 Å². The third kappa shape index (κ3) is 3.81. The minimum Gasteiger partial charge on any atom is -0.391 e. The first-order valence-electron chi connectivity index (χ1n) is 8.23. The largest absolute Gasteiger partial charge is 0.391 e. The Morgan fingerprint density at radius 3 is 2.69 bits per heavy atom. The molecule has 0 aliphatic carbocycles. The van der Waals surface area contributed by atoms with E-state index in [1.165, 1.54) is 0 Å². The highest BCUT2D eigenvalue weighted by atomic mass is 35.5. The van der Waals surface area contributed by atoms with E-state index in [0.717, 1.165) is 11.1 Å². The van der Waals surface area contributed by atoms with E-state index < -0.39 is 6.10 Å². The van der Waals surface area contributed by atoms with Gasteiger partial charge >= 0.3 is 0 Å². The summed E-state index contributed by atoms with van der Waals surface area (Å²) < 4.78 is 0. The van der Waals surface area contributed by atoms with Gasteiger partial charge in [0, 0.05) is 29.9 Å². The van der Waals surface area contributed by atoms with Crippen LogP contribution in [-0.4, -0.2) is 52.5 Å². The number of aliphatic hydroxyl groups excluding tert-OH is 1. The fraction of sp³-hybridized carbons (Fsp3) is 0.263. The zero-order valence-corrected chi connectivity index (χ0v) is 15.1. The molecule has 0 bridgehead atoms. The van der Waals surface area contributed by atoms with E-state index in [9.17, 15) is 9.90 Å². The van der Waals surface area contributed by atoms with Gasteiger partial charge in [-0.05, 0) is 37.8 Å². The Kier molecular flexibility index (Phi) is 5.44. The Bertz CT molecular complexity index is 864. The predicted octanol–water partition coefficient (Wildman–Crippen LogP) is 3.42. The zero-order chi connectivity index (χ0) is 18.7. The average molecular weight is 371 g/mol. The van der Waals surface area contributed by atoms with Gasteiger partial charge in [0.2, 0.25) is 0 Å². The molecule has 0 radical (unpaired) electrons. The maximum atomic E-state index is 12.6. The molecule has 0 saturated carbocycles. The summed E-state index contributed by atoms with van der Waals surface area (Å²) in [6, 6.07) is 7.28. The van der Waals surface area contributed by atoms with Crippen LogP contribution in [0.4, 0.5) is 11.4 Å². The quantitative estimate of drug-likeness (QED) is 0.837. The van der Waals surface area contributed by atoms with Gasteiger partial charge in [0.25, 0.3) is 5.91 Å². The maximum Gasteiger partial charge on any atom is 0.268 e. The molecule has 3 rings (SSSR count). The van der Waals surface area contributed by atoms with Gasteiger partial charge in [-0.2, -0.15) is 0 Å². The Morgan fingerprint density at radius 1 is 1.35 bits per heavy atom. The summed E-state index contributed by atoms with van der Waals surface area (Å²) in [5.74, 6) is -0.199. The van der Waals surface area contributed by atoms with E-state index >= 15 is 0 Å². The van der Waals surface area contributed by atoms with Crippen LogP contribution in [0.2, 0.25) is 5.02 Å². The molecule has 2 aromatic rings. The van der Waals surface area contributed by atoms with Crippen molar-refractivity contribution in [1.82, 2.24) is 9.88 Å². The molecule has 7 heteroatoms. The number of pyridine rings is 1. The number of likely N-dealkylation sites (tertiary alicyclic amines) is 1. The molecule has 134 valence electrons. The van der Waals surface area contributed by atoms with Crippen molar-refractivity contribution >= 4 is 41.3 Å². The van der Waals surface area contributed by atoms with Crippen molar-refractivity contribution < 1.29 is 9.90 Å². The third-order valence-corrected chi connectivity index (χ3v) is 4.52. The first-order chi connectivity index (χ1) is 12.5. The summed E-state index contributed by atoms with van der Waals surface area (Å²) >= 11 is 5.97. The second kappa shape index (κ2) is 7.76. The summed E-state index contributed by atoms with van der Waals surface area (Å²) in [6.07, 6.45) is 3.35. The van der Waals surface area contributed by atoms with Gasteiger partial charge in [0.15, 0.2) is 0 Å². The fourth-order valence-electron chi connectivity index (χ4n) is 2.89. The van der Waals surface area contributed by atoms with Gasteiger partial charge in [0.05, 0.1) is 12.3 Å². The number of hydrogen-bond donors (Lipinski definition) is 1. The number of carbonyl (C=O) groups excluding carboxylic acids is 1. The molecule has 1 aromatic carbocycles. The Balaban J connectivity index is 2.01. The second-order valence-electron chi connectivity index (χ2n) is 6.11. The van der Waals surface area contributed by atoms with E-state index in [4.69, 9.17) is 11.6 Å². The maximum absolute atomic E-state index is 12.6. The van der Waals surface area contributed by atoms with Crippen LogP contribution in [0.3, 0.4) is 0 Å². The summed E-state index contributed by atoms with van der Waals surface area (Å²) in [5, 5.41) is 10.3. The van der Waals surface area contributed by atoms with Crippen molar-refractivity contribution in [2.45, 2.75) is 19.4 Å². The van der Waals surface area contributed by atoms with Crippen LogP contribution in [0.1, 0.15) is 13.3 Å². The molecule has 1 atom stereocenters. The van der Waals surface area contributed by atoms with E-state index in [1.54, 1.807) is 36.4 Å². The summed E-state index contributed by atoms with van der Waals surface area (Å²) in [6.45, 7) is 6.09. The summed E-state index contributed by atoms with van der Waals surface area (Å²) in [4.78, 5) is 26.9. The number of nitrogens with zero attached hydrogens (tertiary/aromatic N) is 4. The standard InChI is InChI=1S/C19H19ClN4O2/c1-12(19(26)24-8-7-15(25)11-24)23-18-16(9-22-10-17(18)21-2)13-3-5-14(20)6-4-13/h3-6,9-10,15,25H,2,7-8,11H2,1H3. The second-order valence-corrected chi connectivity index (χ2v) is 6.55. The van der Waals surface area contributed by atoms with Gasteiger partial charge in [-0.25, -0.2) is 4.99 Å². The van der Waals surface area contributed by atoms with E-state index in [0.29, 0.717) is 41.6 Å². The number of rotatable bonds is 4. The third-order valence-electron chi connectivity index (χ3n) is 4.26. The lowest BCUT2D eigenvalue weighted by atomic mass is 10.1. The van der Waals surface area contributed by atoms with Crippen LogP contribution in [0, 0.1) is 0 Å². The molecular formula is C19H19ClN4O2. The molecule has 1 amide bonds. The van der Waals surface area contributed by atoms with Gasteiger partial charge in [-0.1, -0.05) is 23.7 Å². The van der Waals surface area contributed by atoms with E-state index in [1.807, 2.05) is 12.1 Å². The van der Waals surface area contributed by atoms with Crippen molar-refractivity contribution in [3.8, 4) is 11.1 Å². The van der Waals surface area contributed by atoms with Crippen LogP contribution in [0.15, 0.2) is 46.6 Å². The van der Waals surface area contributed by atoms with Crippen LogP contribution < -0.4 is 0 Å². The normalized spacial score (nSPS) is 17.4. The number of β-amino-alcohol motifs (C(OH)–C–C–N with tert-alkyl or cyclic N) is 1. The van der Waals surface area contributed by atoms with Crippen molar-refractivity contribution in [2.24, 2.45) is 9.98 Å². The van der Waals surface area contributed by atoms with Crippen molar-refractivity contribution in [3.05, 3.63) is 41.7 Å². The van der Waals surface area contributed by atoms with Gasteiger partial charge < -0.3 is 10.0 Å². The number of halogens is 1. The molecule has 2 heterocycles. The first kappa shape index (κ1) is 18.2. The number of aromatic nitrogens is 1. The lowest BCUT2D eigenvalue weighted by Crippen LogP contribution is -2.34. The molecule has 1 aromatic heterocycles.